The van der Waals surface area contributed by atoms with Crippen molar-refractivity contribution >= 4 is 5.97 Å². The number of hydrogen-bond donors (Lipinski definition) is 0. The molecule has 0 radical (unpaired) electrons. The minimum atomic E-state index is -1.21. The van der Waals surface area contributed by atoms with Crippen LogP contribution in [0.3, 0.4) is 0 Å². The molecule has 4 rings (SSSR count). The SMILES string of the molecule is O=C([O-])c1cc(-c2ccccc2)cc(-c2ccccc2)[n+]1Cc1cccnc1. The number of carbonyl (C=O) groups is 1. The first-order valence-corrected chi connectivity index (χ1v) is 9.01. The van der Waals surface area contributed by atoms with Crippen molar-refractivity contribution in [2.45, 2.75) is 6.54 Å². The summed E-state index contributed by atoms with van der Waals surface area (Å²) >= 11 is 0. The Bertz CT molecular complexity index is 1100. The number of carboxylic acids is 1. The third kappa shape index (κ3) is 3.67. The summed E-state index contributed by atoms with van der Waals surface area (Å²) in [5.74, 6) is -1.21. The van der Waals surface area contributed by atoms with Gasteiger partial charge in [-0.2, -0.15) is 4.57 Å². The van der Waals surface area contributed by atoms with Crippen molar-refractivity contribution in [1.82, 2.24) is 4.98 Å². The van der Waals surface area contributed by atoms with Gasteiger partial charge in [0, 0.05) is 35.7 Å². The zero-order valence-corrected chi connectivity index (χ0v) is 15.2. The summed E-state index contributed by atoms with van der Waals surface area (Å²) in [6, 6.07) is 27.0. The van der Waals surface area contributed by atoms with Gasteiger partial charge in [0.05, 0.1) is 0 Å². The molecule has 0 amide bonds. The molecule has 2 heterocycles. The monoisotopic (exact) mass is 366 g/mol. The van der Waals surface area contributed by atoms with Crippen LogP contribution in [0, 0.1) is 0 Å². The predicted molar refractivity (Wildman–Crippen MR) is 105 cm³/mol. The highest BCUT2D eigenvalue weighted by Gasteiger charge is 2.22. The summed E-state index contributed by atoms with van der Waals surface area (Å²) in [5.41, 5.74) is 4.58. The Kier molecular flexibility index (Phi) is 4.93. The first kappa shape index (κ1) is 17.6. The zero-order valence-electron chi connectivity index (χ0n) is 15.2. The predicted octanol–water partition coefficient (Wildman–Crippen LogP) is 3.11. The molecule has 0 spiro atoms. The highest BCUT2D eigenvalue weighted by Crippen LogP contribution is 2.25. The van der Waals surface area contributed by atoms with E-state index in [4.69, 9.17) is 0 Å². The van der Waals surface area contributed by atoms with Gasteiger partial charge in [-0.1, -0.05) is 48.5 Å². The van der Waals surface area contributed by atoms with E-state index in [9.17, 15) is 9.90 Å². The third-order valence-corrected chi connectivity index (χ3v) is 4.62. The topological polar surface area (TPSA) is 56.9 Å². The van der Waals surface area contributed by atoms with Crippen molar-refractivity contribution in [2.24, 2.45) is 0 Å². The second kappa shape index (κ2) is 7.84. The molecular weight excluding hydrogens is 348 g/mol. The molecule has 0 atom stereocenters. The van der Waals surface area contributed by atoms with Crippen LogP contribution in [0.4, 0.5) is 0 Å². The fourth-order valence-corrected chi connectivity index (χ4v) is 3.28. The first-order valence-electron chi connectivity index (χ1n) is 9.01. The Labute approximate surface area is 163 Å². The van der Waals surface area contributed by atoms with Crippen LogP contribution in [-0.4, -0.2) is 11.0 Å². The van der Waals surface area contributed by atoms with Crippen molar-refractivity contribution in [2.75, 3.05) is 0 Å². The maximum Gasteiger partial charge on any atom is 0.229 e. The van der Waals surface area contributed by atoms with Gasteiger partial charge in [0.1, 0.15) is 5.97 Å². The smallest absolute Gasteiger partial charge is 0.229 e. The molecule has 2 aromatic carbocycles. The Hall–Kier alpha value is -3.79. The van der Waals surface area contributed by atoms with E-state index in [1.54, 1.807) is 23.0 Å². The van der Waals surface area contributed by atoms with E-state index in [0.717, 1.165) is 27.9 Å². The van der Waals surface area contributed by atoms with Crippen molar-refractivity contribution < 1.29 is 14.5 Å². The summed E-state index contributed by atoms with van der Waals surface area (Å²) in [5, 5.41) is 12.0. The molecule has 0 saturated heterocycles. The van der Waals surface area contributed by atoms with E-state index in [-0.39, 0.29) is 5.69 Å². The molecule has 4 nitrogen and oxygen atoms in total. The van der Waals surface area contributed by atoms with Crippen LogP contribution in [0.2, 0.25) is 0 Å². The third-order valence-electron chi connectivity index (χ3n) is 4.62. The van der Waals surface area contributed by atoms with E-state index >= 15 is 0 Å². The molecule has 136 valence electrons. The summed E-state index contributed by atoms with van der Waals surface area (Å²) in [6.07, 6.45) is 3.44. The highest BCUT2D eigenvalue weighted by atomic mass is 16.4. The van der Waals surface area contributed by atoms with Gasteiger partial charge in [0.15, 0.2) is 6.54 Å². The molecule has 0 unspecified atom stereocenters. The van der Waals surface area contributed by atoms with Crippen LogP contribution in [-0.2, 0) is 6.54 Å². The molecule has 0 saturated carbocycles. The molecule has 0 aliphatic carbocycles. The van der Waals surface area contributed by atoms with E-state index in [1.807, 2.05) is 78.9 Å². The average Bonchev–Trinajstić information content (AvgIpc) is 2.75. The Balaban J connectivity index is 1.96. The molecule has 0 fully saturated rings. The second-order valence-corrected chi connectivity index (χ2v) is 6.48. The van der Waals surface area contributed by atoms with Crippen molar-refractivity contribution in [3.8, 4) is 22.4 Å². The Morgan fingerprint density at radius 3 is 2.11 bits per heavy atom. The fraction of sp³-hybridized carbons (Fsp3) is 0.0417. The fourth-order valence-electron chi connectivity index (χ4n) is 3.28. The molecular formula is C24H18N2O2. The molecule has 4 heteroatoms. The number of aromatic carboxylic acids is 1. The number of nitrogens with zero attached hydrogens (tertiary/aromatic N) is 2. The van der Waals surface area contributed by atoms with Gasteiger partial charge in [-0.25, -0.2) is 0 Å². The van der Waals surface area contributed by atoms with E-state index < -0.39 is 5.97 Å². The molecule has 0 N–H and O–H groups in total. The Morgan fingerprint density at radius 2 is 1.50 bits per heavy atom. The van der Waals surface area contributed by atoms with Crippen molar-refractivity contribution in [1.29, 1.82) is 0 Å². The first-order chi connectivity index (χ1) is 13.7. The summed E-state index contributed by atoms with van der Waals surface area (Å²) < 4.78 is 1.77. The van der Waals surface area contributed by atoms with E-state index in [2.05, 4.69) is 4.98 Å². The summed E-state index contributed by atoms with van der Waals surface area (Å²) in [6.45, 7) is 0.385. The maximum absolute atomic E-state index is 12.0. The molecule has 2 aromatic heterocycles. The number of carbonyl (C=O) groups excluding carboxylic acids is 1. The van der Waals surface area contributed by atoms with Gasteiger partial charge >= 0.3 is 0 Å². The van der Waals surface area contributed by atoms with Gasteiger partial charge in [-0.05, 0) is 35.4 Å². The van der Waals surface area contributed by atoms with Crippen molar-refractivity contribution in [3.05, 3.63) is 109 Å². The van der Waals surface area contributed by atoms with Gasteiger partial charge < -0.3 is 9.90 Å². The molecule has 28 heavy (non-hydrogen) atoms. The number of aromatic nitrogens is 2. The van der Waals surface area contributed by atoms with Crippen LogP contribution < -0.4 is 9.67 Å². The average molecular weight is 366 g/mol. The quantitative estimate of drug-likeness (QED) is 0.510. The van der Waals surface area contributed by atoms with Crippen LogP contribution in [0.1, 0.15) is 16.1 Å². The summed E-state index contributed by atoms with van der Waals surface area (Å²) in [7, 11) is 0. The lowest BCUT2D eigenvalue weighted by atomic mass is 10.0. The zero-order chi connectivity index (χ0) is 19.3. The molecule has 0 bridgehead atoms. The van der Waals surface area contributed by atoms with E-state index in [0.29, 0.717) is 6.54 Å². The van der Waals surface area contributed by atoms with Crippen molar-refractivity contribution in [3.63, 3.8) is 0 Å². The molecule has 0 aliphatic heterocycles. The molecule has 0 aliphatic rings. The minimum absolute atomic E-state index is 0.129. The van der Waals surface area contributed by atoms with Crippen LogP contribution in [0.5, 0.6) is 0 Å². The second-order valence-electron chi connectivity index (χ2n) is 6.48. The summed E-state index contributed by atoms with van der Waals surface area (Å²) in [4.78, 5) is 16.2. The number of rotatable bonds is 5. The standard InChI is InChI=1S/C24H18N2O2/c27-24(28)23-15-21(19-9-3-1-4-10-19)14-22(20-11-5-2-6-12-20)26(23)17-18-8-7-13-25-16-18/h1-16H,17H2. The normalized spacial score (nSPS) is 10.6. The maximum atomic E-state index is 12.0. The van der Waals surface area contributed by atoms with Gasteiger partial charge in [-0.15, -0.1) is 0 Å². The molecule has 4 aromatic rings. The highest BCUT2D eigenvalue weighted by molar-refractivity contribution is 5.85. The van der Waals surface area contributed by atoms with Crippen LogP contribution in [0.15, 0.2) is 97.3 Å². The lowest BCUT2D eigenvalue weighted by molar-refractivity contribution is -0.681. The van der Waals surface area contributed by atoms with Gasteiger partial charge in [-0.3, -0.25) is 4.98 Å². The number of benzene rings is 2. The van der Waals surface area contributed by atoms with Crippen LogP contribution >= 0.6 is 0 Å². The lowest BCUT2D eigenvalue weighted by Gasteiger charge is -2.13. The van der Waals surface area contributed by atoms with E-state index in [1.165, 1.54) is 0 Å². The number of carboxylic acid groups (broad SMARTS) is 1. The largest absolute Gasteiger partial charge is 0.539 e. The van der Waals surface area contributed by atoms with Crippen LogP contribution in [0.25, 0.3) is 22.4 Å². The number of hydrogen-bond acceptors (Lipinski definition) is 3. The number of pyridine rings is 2. The lowest BCUT2D eigenvalue weighted by Crippen LogP contribution is -2.46. The Morgan fingerprint density at radius 1 is 0.821 bits per heavy atom. The van der Waals surface area contributed by atoms with Gasteiger partial charge in [0.2, 0.25) is 11.4 Å². The minimum Gasteiger partial charge on any atom is -0.539 e. The van der Waals surface area contributed by atoms with Gasteiger partial charge in [0.25, 0.3) is 0 Å².